The molecule has 0 aromatic heterocycles. The SMILES string of the molecule is CCc1cc2c(c(C(C)(C)C)c1)OCC2NC. The first-order valence-electron chi connectivity index (χ1n) is 6.44. The number of likely N-dealkylation sites (N-methyl/N-ethyl adjacent to an activating group) is 1. The van der Waals surface area contributed by atoms with Gasteiger partial charge in [-0.2, -0.15) is 0 Å². The smallest absolute Gasteiger partial charge is 0.128 e. The average Bonchev–Trinajstić information content (AvgIpc) is 2.68. The molecular formula is C15H23NO. The summed E-state index contributed by atoms with van der Waals surface area (Å²) < 4.78 is 5.90. The standard InChI is InChI=1S/C15H23NO/c1-6-10-7-11-13(16-5)9-17-14(11)12(8-10)15(2,3)4/h7-8,13,16H,6,9H2,1-5H3. The van der Waals surface area contributed by atoms with E-state index >= 15 is 0 Å². The van der Waals surface area contributed by atoms with Crippen molar-refractivity contribution in [3.63, 3.8) is 0 Å². The third kappa shape index (κ3) is 2.19. The van der Waals surface area contributed by atoms with Crippen LogP contribution in [-0.4, -0.2) is 13.7 Å². The van der Waals surface area contributed by atoms with Crippen LogP contribution in [0.1, 0.15) is 50.4 Å². The van der Waals surface area contributed by atoms with Crippen molar-refractivity contribution in [2.45, 2.75) is 45.6 Å². The molecule has 1 unspecified atom stereocenters. The van der Waals surface area contributed by atoms with Gasteiger partial charge in [-0.15, -0.1) is 0 Å². The van der Waals surface area contributed by atoms with Crippen LogP contribution in [0.2, 0.25) is 0 Å². The summed E-state index contributed by atoms with van der Waals surface area (Å²) >= 11 is 0. The molecule has 2 heteroatoms. The topological polar surface area (TPSA) is 21.3 Å². The van der Waals surface area contributed by atoms with Gasteiger partial charge in [0, 0.05) is 11.1 Å². The quantitative estimate of drug-likeness (QED) is 0.847. The minimum atomic E-state index is 0.137. The molecule has 1 aliphatic rings. The maximum Gasteiger partial charge on any atom is 0.128 e. The van der Waals surface area contributed by atoms with Crippen LogP contribution in [0.3, 0.4) is 0 Å². The second-order valence-corrected chi connectivity index (χ2v) is 5.82. The Bertz CT molecular complexity index is 418. The zero-order chi connectivity index (χ0) is 12.6. The molecular weight excluding hydrogens is 210 g/mol. The molecule has 17 heavy (non-hydrogen) atoms. The monoisotopic (exact) mass is 233 g/mol. The van der Waals surface area contributed by atoms with Crippen molar-refractivity contribution >= 4 is 0 Å². The van der Waals surface area contributed by atoms with Crippen LogP contribution in [0, 0.1) is 0 Å². The lowest BCUT2D eigenvalue weighted by Gasteiger charge is -2.23. The second-order valence-electron chi connectivity index (χ2n) is 5.82. The van der Waals surface area contributed by atoms with E-state index in [2.05, 4.69) is 45.1 Å². The largest absolute Gasteiger partial charge is 0.491 e. The highest BCUT2D eigenvalue weighted by Crippen LogP contribution is 2.41. The predicted molar refractivity (Wildman–Crippen MR) is 71.8 cm³/mol. The number of hydrogen-bond acceptors (Lipinski definition) is 2. The van der Waals surface area contributed by atoms with Crippen LogP contribution in [0.5, 0.6) is 5.75 Å². The van der Waals surface area contributed by atoms with Crippen LogP contribution >= 0.6 is 0 Å². The summed E-state index contributed by atoms with van der Waals surface area (Å²) in [6.45, 7) is 9.70. The molecule has 0 saturated carbocycles. The summed E-state index contributed by atoms with van der Waals surface area (Å²) in [4.78, 5) is 0. The van der Waals surface area contributed by atoms with Gasteiger partial charge in [0.1, 0.15) is 12.4 Å². The second kappa shape index (κ2) is 4.34. The summed E-state index contributed by atoms with van der Waals surface area (Å²) in [6, 6.07) is 4.94. The molecule has 2 nitrogen and oxygen atoms in total. The van der Waals surface area contributed by atoms with Gasteiger partial charge in [0.25, 0.3) is 0 Å². The van der Waals surface area contributed by atoms with E-state index < -0.39 is 0 Å². The minimum absolute atomic E-state index is 0.137. The number of rotatable bonds is 2. The van der Waals surface area contributed by atoms with E-state index in [4.69, 9.17) is 4.74 Å². The summed E-state index contributed by atoms with van der Waals surface area (Å²) in [5.41, 5.74) is 4.21. The fourth-order valence-electron chi connectivity index (χ4n) is 2.39. The fraction of sp³-hybridized carbons (Fsp3) is 0.600. The molecule has 2 rings (SSSR count). The Kier molecular flexibility index (Phi) is 3.17. The summed E-state index contributed by atoms with van der Waals surface area (Å²) in [6.07, 6.45) is 1.08. The van der Waals surface area contributed by atoms with Crippen LogP contribution < -0.4 is 10.1 Å². The van der Waals surface area contributed by atoms with Gasteiger partial charge in [-0.05, 0) is 24.4 Å². The normalized spacial score (nSPS) is 19.0. The molecule has 0 fully saturated rings. The van der Waals surface area contributed by atoms with Crippen molar-refractivity contribution in [2.75, 3.05) is 13.7 Å². The first kappa shape index (κ1) is 12.4. The number of aryl methyl sites for hydroxylation is 1. The van der Waals surface area contributed by atoms with E-state index in [0.29, 0.717) is 6.04 Å². The summed E-state index contributed by atoms with van der Waals surface area (Å²) in [7, 11) is 2.00. The molecule has 0 bridgehead atoms. The molecule has 1 aromatic rings. The Hall–Kier alpha value is -1.02. The zero-order valence-corrected chi connectivity index (χ0v) is 11.6. The van der Waals surface area contributed by atoms with Crippen LogP contribution in [0.4, 0.5) is 0 Å². The summed E-state index contributed by atoms with van der Waals surface area (Å²) in [5, 5.41) is 3.33. The van der Waals surface area contributed by atoms with Gasteiger partial charge in [0.2, 0.25) is 0 Å². The Morgan fingerprint density at radius 3 is 2.59 bits per heavy atom. The van der Waals surface area contributed by atoms with Gasteiger partial charge in [-0.25, -0.2) is 0 Å². The molecule has 0 aliphatic carbocycles. The van der Waals surface area contributed by atoms with Gasteiger partial charge in [0.15, 0.2) is 0 Å². The molecule has 0 spiro atoms. The van der Waals surface area contributed by atoms with Crippen molar-refractivity contribution in [3.8, 4) is 5.75 Å². The Balaban J connectivity index is 2.58. The van der Waals surface area contributed by atoms with Gasteiger partial charge in [-0.1, -0.05) is 39.8 Å². The highest BCUT2D eigenvalue weighted by atomic mass is 16.5. The van der Waals surface area contributed by atoms with E-state index in [-0.39, 0.29) is 5.41 Å². The lowest BCUT2D eigenvalue weighted by Crippen LogP contribution is -2.17. The first-order valence-corrected chi connectivity index (χ1v) is 6.44. The van der Waals surface area contributed by atoms with Crippen molar-refractivity contribution in [1.82, 2.24) is 5.32 Å². The molecule has 0 radical (unpaired) electrons. The van der Waals surface area contributed by atoms with E-state index in [1.165, 1.54) is 16.7 Å². The highest BCUT2D eigenvalue weighted by molar-refractivity contribution is 5.51. The lowest BCUT2D eigenvalue weighted by atomic mass is 9.83. The molecule has 1 atom stereocenters. The summed E-state index contributed by atoms with van der Waals surface area (Å²) in [5.74, 6) is 1.11. The number of benzene rings is 1. The third-order valence-corrected chi connectivity index (χ3v) is 3.51. The van der Waals surface area contributed by atoms with Gasteiger partial charge >= 0.3 is 0 Å². The van der Waals surface area contributed by atoms with Crippen molar-refractivity contribution < 1.29 is 4.74 Å². The molecule has 0 saturated heterocycles. The van der Waals surface area contributed by atoms with Crippen molar-refractivity contribution in [3.05, 3.63) is 28.8 Å². The van der Waals surface area contributed by atoms with Crippen molar-refractivity contribution in [2.24, 2.45) is 0 Å². The predicted octanol–water partition coefficient (Wildman–Crippen LogP) is 3.20. The van der Waals surface area contributed by atoms with Crippen LogP contribution in [-0.2, 0) is 11.8 Å². The molecule has 0 amide bonds. The average molecular weight is 233 g/mol. The molecule has 1 aliphatic heterocycles. The molecule has 1 aromatic carbocycles. The van der Waals surface area contributed by atoms with Crippen molar-refractivity contribution in [1.29, 1.82) is 0 Å². The third-order valence-electron chi connectivity index (χ3n) is 3.51. The van der Waals surface area contributed by atoms with Gasteiger partial charge < -0.3 is 10.1 Å². The number of hydrogen-bond donors (Lipinski definition) is 1. The maximum absolute atomic E-state index is 5.90. The Morgan fingerprint density at radius 1 is 1.35 bits per heavy atom. The number of ether oxygens (including phenoxy) is 1. The van der Waals surface area contributed by atoms with E-state index in [0.717, 1.165) is 18.8 Å². The zero-order valence-electron chi connectivity index (χ0n) is 11.6. The highest BCUT2D eigenvalue weighted by Gasteiger charge is 2.30. The molecule has 1 heterocycles. The Morgan fingerprint density at radius 2 is 2.06 bits per heavy atom. The van der Waals surface area contributed by atoms with Gasteiger partial charge in [-0.3, -0.25) is 0 Å². The number of nitrogens with one attached hydrogen (secondary N) is 1. The molecule has 94 valence electrons. The van der Waals surface area contributed by atoms with E-state index in [1.807, 2.05) is 7.05 Å². The Labute approximate surface area is 104 Å². The number of fused-ring (bicyclic) bond motifs is 1. The maximum atomic E-state index is 5.90. The van der Waals surface area contributed by atoms with Gasteiger partial charge in [0.05, 0.1) is 6.04 Å². The minimum Gasteiger partial charge on any atom is -0.491 e. The first-order chi connectivity index (χ1) is 7.97. The van der Waals surface area contributed by atoms with E-state index in [1.54, 1.807) is 0 Å². The lowest BCUT2D eigenvalue weighted by molar-refractivity contribution is 0.312. The van der Waals surface area contributed by atoms with Crippen LogP contribution in [0.15, 0.2) is 12.1 Å². The fourth-order valence-corrected chi connectivity index (χ4v) is 2.39. The van der Waals surface area contributed by atoms with E-state index in [9.17, 15) is 0 Å². The molecule has 1 N–H and O–H groups in total. The van der Waals surface area contributed by atoms with Crippen LogP contribution in [0.25, 0.3) is 0 Å².